The van der Waals surface area contributed by atoms with E-state index in [1.807, 2.05) is 6.07 Å². The second kappa shape index (κ2) is 8.86. The predicted octanol–water partition coefficient (Wildman–Crippen LogP) is 6.60. The molecule has 1 aromatic rings. The van der Waals surface area contributed by atoms with E-state index in [2.05, 4.69) is 40.7 Å². The SMILES string of the molecule is CCCCC(C)(C)c1cc2c(c(OP(=O)(OCC)OCC)c1)[C@H]1[C@@H](O2)[C@H](O)[C@@H]2C[C@H]1C2(C)C. The van der Waals surface area contributed by atoms with Gasteiger partial charge in [0, 0.05) is 11.5 Å². The number of phosphoric acid groups is 1. The van der Waals surface area contributed by atoms with Gasteiger partial charge in [-0.3, -0.25) is 9.05 Å². The van der Waals surface area contributed by atoms with Gasteiger partial charge in [-0.15, -0.1) is 0 Å². The van der Waals surface area contributed by atoms with E-state index in [1.165, 1.54) is 0 Å². The van der Waals surface area contributed by atoms with Crippen molar-refractivity contribution >= 4 is 7.82 Å². The molecule has 3 aliphatic carbocycles. The van der Waals surface area contributed by atoms with Crippen molar-refractivity contribution in [2.75, 3.05) is 13.2 Å². The minimum atomic E-state index is -3.79. The first-order valence-corrected chi connectivity index (χ1v) is 14.1. The number of unbranched alkanes of at least 4 members (excludes halogenated alkanes) is 1. The van der Waals surface area contributed by atoms with Gasteiger partial charge in [-0.25, -0.2) is 4.57 Å². The second-order valence-electron chi connectivity index (χ2n) is 11.1. The number of ether oxygens (including phenoxy) is 1. The molecule has 0 unspecified atom stereocenters. The van der Waals surface area contributed by atoms with E-state index in [9.17, 15) is 9.67 Å². The van der Waals surface area contributed by atoms with Gasteiger partial charge in [-0.05, 0) is 67.1 Å². The summed E-state index contributed by atoms with van der Waals surface area (Å²) in [5.41, 5.74) is 1.89. The van der Waals surface area contributed by atoms with Crippen LogP contribution in [0.1, 0.15) is 91.2 Å². The van der Waals surface area contributed by atoms with E-state index in [0.717, 1.165) is 42.6 Å². The van der Waals surface area contributed by atoms with Crippen LogP contribution in [0.5, 0.6) is 11.5 Å². The molecule has 0 aromatic heterocycles. The van der Waals surface area contributed by atoms with Crippen molar-refractivity contribution in [3.05, 3.63) is 23.3 Å². The molecule has 0 amide bonds. The zero-order valence-corrected chi connectivity index (χ0v) is 22.1. The van der Waals surface area contributed by atoms with Crippen molar-refractivity contribution < 1.29 is 28.0 Å². The molecule has 186 valence electrons. The molecule has 0 spiro atoms. The fraction of sp³-hybridized carbons (Fsp3) is 0.769. The zero-order chi connectivity index (χ0) is 24.2. The largest absolute Gasteiger partial charge is 0.530 e. The van der Waals surface area contributed by atoms with Gasteiger partial charge >= 0.3 is 7.82 Å². The summed E-state index contributed by atoms with van der Waals surface area (Å²) in [5.74, 6) is 1.86. The highest BCUT2D eigenvalue weighted by Gasteiger charge is 2.66. The molecule has 1 aromatic carbocycles. The quantitative estimate of drug-likeness (QED) is 0.381. The van der Waals surface area contributed by atoms with Crippen molar-refractivity contribution in [3.8, 4) is 11.5 Å². The van der Waals surface area contributed by atoms with E-state index in [-0.39, 0.29) is 42.0 Å². The molecule has 7 heteroatoms. The summed E-state index contributed by atoms with van der Waals surface area (Å²) in [6.45, 7) is 15.1. The Balaban J connectivity index is 1.81. The summed E-state index contributed by atoms with van der Waals surface area (Å²) in [6, 6.07) is 4.12. The lowest BCUT2D eigenvalue weighted by Gasteiger charge is -2.62. The molecular formula is C26H41O6P. The lowest BCUT2D eigenvalue weighted by Crippen LogP contribution is -2.63. The van der Waals surface area contributed by atoms with Crippen LogP contribution in [0.2, 0.25) is 0 Å². The smallest absolute Gasteiger partial charge is 0.487 e. The van der Waals surface area contributed by atoms with Crippen molar-refractivity contribution in [1.29, 1.82) is 0 Å². The van der Waals surface area contributed by atoms with Crippen molar-refractivity contribution in [2.24, 2.45) is 17.3 Å². The van der Waals surface area contributed by atoms with Gasteiger partial charge in [-0.2, -0.15) is 0 Å². The van der Waals surface area contributed by atoms with Crippen LogP contribution in [0, 0.1) is 17.3 Å². The molecule has 5 rings (SSSR count). The predicted molar refractivity (Wildman–Crippen MR) is 129 cm³/mol. The van der Waals surface area contributed by atoms with E-state index < -0.39 is 13.9 Å². The maximum Gasteiger partial charge on any atom is 0.530 e. The summed E-state index contributed by atoms with van der Waals surface area (Å²) in [4.78, 5) is 0. The van der Waals surface area contributed by atoms with E-state index in [4.69, 9.17) is 18.3 Å². The first kappa shape index (κ1) is 25.0. The molecule has 4 aliphatic rings. The third-order valence-electron chi connectivity index (χ3n) is 8.38. The molecule has 1 heterocycles. The highest BCUT2D eigenvalue weighted by atomic mass is 31.2. The molecule has 6 nitrogen and oxygen atoms in total. The van der Waals surface area contributed by atoms with Crippen molar-refractivity contribution in [3.63, 3.8) is 0 Å². The van der Waals surface area contributed by atoms with Crippen LogP contribution in [-0.4, -0.2) is 30.5 Å². The molecule has 2 bridgehead atoms. The fourth-order valence-electron chi connectivity index (χ4n) is 6.29. The van der Waals surface area contributed by atoms with Gasteiger partial charge in [0.2, 0.25) is 0 Å². The number of aliphatic hydroxyl groups excluding tert-OH is 1. The van der Waals surface area contributed by atoms with Crippen LogP contribution >= 0.6 is 7.82 Å². The summed E-state index contributed by atoms with van der Waals surface area (Å²) in [7, 11) is -3.79. The normalized spacial score (nSPS) is 29.6. The van der Waals surface area contributed by atoms with Gasteiger partial charge in [0.25, 0.3) is 0 Å². The third kappa shape index (κ3) is 4.16. The highest BCUT2D eigenvalue weighted by Crippen LogP contribution is 2.69. The number of aliphatic hydroxyl groups is 1. The Morgan fingerprint density at radius 3 is 2.39 bits per heavy atom. The molecule has 1 N–H and O–H groups in total. The Labute approximate surface area is 199 Å². The monoisotopic (exact) mass is 480 g/mol. The molecular weight excluding hydrogens is 439 g/mol. The van der Waals surface area contributed by atoms with Crippen LogP contribution in [0.25, 0.3) is 0 Å². The Kier molecular flexibility index (Phi) is 6.72. The molecule has 3 fully saturated rings. The molecule has 0 saturated heterocycles. The minimum Gasteiger partial charge on any atom is -0.487 e. The minimum absolute atomic E-state index is 0.00509. The van der Waals surface area contributed by atoms with Crippen LogP contribution < -0.4 is 9.26 Å². The third-order valence-corrected chi connectivity index (χ3v) is 9.95. The van der Waals surface area contributed by atoms with Gasteiger partial charge < -0.3 is 14.4 Å². The van der Waals surface area contributed by atoms with E-state index in [0.29, 0.717) is 11.7 Å². The maximum absolute atomic E-state index is 13.4. The lowest BCUT2D eigenvalue weighted by molar-refractivity contribution is -0.190. The number of hydrogen-bond donors (Lipinski definition) is 1. The van der Waals surface area contributed by atoms with E-state index >= 15 is 0 Å². The Bertz CT molecular complexity index is 916. The van der Waals surface area contributed by atoms with Gasteiger partial charge in [-0.1, -0.05) is 47.5 Å². The van der Waals surface area contributed by atoms with Crippen LogP contribution in [0.15, 0.2) is 12.1 Å². The molecule has 5 atom stereocenters. The van der Waals surface area contributed by atoms with Gasteiger partial charge in [0.15, 0.2) is 0 Å². The van der Waals surface area contributed by atoms with Crippen LogP contribution in [-0.2, 0) is 19.0 Å². The second-order valence-corrected chi connectivity index (χ2v) is 12.7. The van der Waals surface area contributed by atoms with Gasteiger partial charge in [0.1, 0.15) is 17.6 Å². The first-order chi connectivity index (χ1) is 15.5. The zero-order valence-electron chi connectivity index (χ0n) is 21.2. The first-order valence-electron chi connectivity index (χ1n) is 12.6. The lowest BCUT2D eigenvalue weighted by atomic mass is 9.43. The summed E-state index contributed by atoms with van der Waals surface area (Å²) in [5, 5.41) is 11.2. The Hall–Kier alpha value is -1.07. The standard InChI is InChI=1S/C26H41O6P/c1-8-11-12-25(4,5)16-13-19-22(20(14-16)32-33(28,29-9-2)30-10-3)21-17-15-18(26(17,6)7)23(27)24(21)31-19/h13-14,17-18,21,23-24,27H,8-12,15H2,1-7H3/t17-,18+,21+,23-,24-/m1/s1. The number of benzene rings is 1. The average molecular weight is 481 g/mol. The summed E-state index contributed by atoms with van der Waals surface area (Å²) < 4.78 is 36.9. The molecule has 1 aliphatic heterocycles. The summed E-state index contributed by atoms with van der Waals surface area (Å²) >= 11 is 0. The van der Waals surface area contributed by atoms with Crippen molar-refractivity contribution in [1.82, 2.24) is 0 Å². The number of rotatable bonds is 10. The number of phosphoric ester groups is 1. The maximum atomic E-state index is 13.4. The molecule has 33 heavy (non-hydrogen) atoms. The average Bonchev–Trinajstić information content (AvgIpc) is 3.12. The fourth-order valence-corrected chi connectivity index (χ4v) is 7.50. The number of hydrogen-bond acceptors (Lipinski definition) is 6. The van der Waals surface area contributed by atoms with Crippen molar-refractivity contribution in [2.45, 2.75) is 97.7 Å². The van der Waals surface area contributed by atoms with Gasteiger partial charge in [0.05, 0.1) is 19.3 Å². The molecule has 3 saturated carbocycles. The highest BCUT2D eigenvalue weighted by molar-refractivity contribution is 7.48. The van der Waals surface area contributed by atoms with Crippen LogP contribution in [0.3, 0.4) is 0 Å². The topological polar surface area (TPSA) is 74.2 Å². The number of fused-ring (bicyclic) bond motifs is 1. The van der Waals surface area contributed by atoms with Crippen LogP contribution in [0.4, 0.5) is 0 Å². The molecule has 0 radical (unpaired) electrons. The summed E-state index contributed by atoms with van der Waals surface area (Å²) in [6.07, 6.45) is 3.38. The Morgan fingerprint density at radius 2 is 1.82 bits per heavy atom. The Morgan fingerprint density at radius 1 is 1.15 bits per heavy atom. The van der Waals surface area contributed by atoms with E-state index in [1.54, 1.807) is 13.8 Å².